The number of hydrogen-bond donors (Lipinski definition) is 0. The standard InChI is InChI=1S/C32H56N2/c1-3-5-7-9-10-11-12-13-14-15-16-18-23-27-33-28-29-34(30-31-24-20-19-21-25-31)32(33)26-22-17-8-6-4-2/h19-21,24-25,28-29,32H,3-18,22-23,26-27,30H2,1-2H3. The van der Waals surface area contributed by atoms with Crippen LogP contribution in [0.15, 0.2) is 42.7 Å². The van der Waals surface area contributed by atoms with E-state index in [1.165, 1.54) is 134 Å². The number of hydrogen-bond acceptors (Lipinski definition) is 2. The molecule has 1 unspecified atom stereocenters. The van der Waals surface area contributed by atoms with Gasteiger partial charge in [0.15, 0.2) is 0 Å². The summed E-state index contributed by atoms with van der Waals surface area (Å²) in [7, 11) is 0. The molecule has 1 aliphatic rings. The van der Waals surface area contributed by atoms with Gasteiger partial charge in [-0.2, -0.15) is 0 Å². The number of unbranched alkanes of at least 4 members (excludes halogenated alkanes) is 16. The molecule has 0 fully saturated rings. The van der Waals surface area contributed by atoms with Crippen LogP contribution in [0.4, 0.5) is 0 Å². The number of nitrogens with zero attached hydrogens (tertiary/aromatic N) is 2. The Balaban J connectivity index is 1.59. The van der Waals surface area contributed by atoms with Crippen LogP contribution >= 0.6 is 0 Å². The van der Waals surface area contributed by atoms with E-state index in [0.29, 0.717) is 6.17 Å². The van der Waals surface area contributed by atoms with Crippen molar-refractivity contribution in [2.75, 3.05) is 6.54 Å². The third-order valence-electron chi connectivity index (χ3n) is 7.51. The van der Waals surface area contributed by atoms with Crippen LogP contribution in [-0.4, -0.2) is 22.5 Å². The van der Waals surface area contributed by atoms with E-state index in [-0.39, 0.29) is 0 Å². The second-order valence-electron chi connectivity index (χ2n) is 10.6. The van der Waals surface area contributed by atoms with Crippen molar-refractivity contribution < 1.29 is 0 Å². The summed E-state index contributed by atoms with van der Waals surface area (Å²) in [6.07, 6.45) is 32.0. The Bertz CT molecular complexity index is 596. The molecule has 34 heavy (non-hydrogen) atoms. The highest BCUT2D eigenvalue weighted by molar-refractivity contribution is 5.15. The van der Waals surface area contributed by atoms with Gasteiger partial charge < -0.3 is 9.80 Å². The van der Waals surface area contributed by atoms with Crippen molar-refractivity contribution >= 4 is 0 Å². The first-order valence-electron chi connectivity index (χ1n) is 15.1. The van der Waals surface area contributed by atoms with Crippen molar-refractivity contribution in [2.24, 2.45) is 0 Å². The monoisotopic (exact) mass is 468 g/mol. The lowest BCUT2D eigenvalue weighted by atomic mass is 10.0. The molecule has 2 heteroatoms. The molecule has 0 aromatic heterocycles. The normalized spacial score (nSPS) is 15.5. The van der Waals surface area contributed by atoms with E-state index < -0.39 is 0 Å². The first-order chi connectivity index (χ1) is 16.8. The van der Waals surface area contributed by atoms with Gasteiger partial charge in [0.05, 0.1) is 0 Å². The van der Waals surface area contributed by atoms with Crippen LogP contribution in [0.3, 0.4) is 0 Å². The molecule has 0 bridgehead atoms. The first-order valence-corrected chi connectivity index (χ1v) is 15.1. The topological polar surface area (TPSA) is 6.48 Å². The predicted octanol–water partition coefficient (Wildman–Crippen LogP) is 10.1. The molecule has 1 heterocycles. The summed E-state index contributed by atoms with van der Waals surface area (Å²) in [4.78, 5) is 5.22. The van der Waals surface area contributed by atoms with Crippen LogP contribution in [0.25, 0.3) is 0 Å². The van der Waals surface area contributed by atoms with Crippen molar-refractivity contribution in [3.8, 4) is 0 Å². The van der Waals surface area contributed by atoms with Gasteiger partial charge in [-0.15, -0.1) is 0 Å². The SMILES string of the molecule is CCCCCCCCCCCCCCCN1C=CN(Cc2ccccc2)C1CCCCCCC. The Hall–Kier alpha value is -1.44. The highest BCUT2D eigenvalue weighted by Crippen LogP contribution is 2.25. The maximum atomic E-state index is 2.64. The average Bonchev–Trinajstić information content (AvgIpc) is 3.23. The van der Waals surface area contributed by atoms with E-state index in [0.717, 1.165) is 6.54 Å². The number of benzene rings is 1. The van der Waals surface area contributed by atoms with Crippen molar-refractivity contribution in [3.05, 3.63) is 48.3 Å². The molecule has 0 N–H and O–H groups in total. The molecule has 2 rings (SSSR count). The lowest BCUT2D eigenvalue weighted by molar-refractivity contribution is 0.132. The highest BCUT2D eigenvalue weighted by Gasteiger charge is 2.25. The molecule has 0 saturated carbocycles. The van der Waals surface area contributed by atoms with E-state index in [1.807, 2.05) is 0 Å². The Kier molecular flexibility index (Phi) is 16.8. The summed E-state index contributed by atoms with van der Waals surface area (Å²) in [5.41, 5.74) is 1.42. The van der Waals surface area contributed by atoms with E-state index in [9.17, 15) is 0 Å². The predicted molar refractivity (Wildman–Crippen MR) is 151 cm³/mol. The summed E-state index contributed by atoms with van der Waals surface area (Å²) >= 11 is 0. The average molecular weight is 469 g/mol. The van der Waals surface area contributed by atoms with Crippen molar-refractivity contribution in [1.82, 2.24) is 9.80 Å². The van der Waals surface area contributed by atoms with Gasteiger partial charge in [0.25, 0.3) is 0 Å². The van der Waals surface area contributed by atoms with Gasteiger partial charge in [-0.3, -0.25) is 0 Å². The van der Waals surface area contributed by atoms with Crippen molar-refractivity contribution in [1.29, 1.82) is 0 Å². The first kappa shape index (κ1) is 28.8. The van der Waals surface area contributed by atoms with Gasteiger partial charge in [0, 0.05) is 25.5 Å². The highest BCUT2D eigenvalue weighted by atomic mass is 15.4. The third kappa shape index (κ3) is 12.9. The molecule has 0 aliphatic carbocycles. The zero-order valence-corrected chi connectivity index (χ0v) is 22.9. The molecule has 0 radical (unpaired) electrons. The van der Waals surface area contributed by atoms with Crippen LogP contribution in [0.5, 0.6) is 0 Å². The largest absolute Gasteiger partial charge is 0.356 e. The molecule has 194 valence electrons. The Morgan fingerprint density at radius 1 is 0.529 bits per heavy atom. The fraction of sp³-hybridized carbons (Fsp3) is 0.750. The molecule has 0 amide bonds. The Morgan fingerprint density at radius 3 is 1.56 bits per heavy atom. The molecule has 1 aliphatic heterocycles. The summed E-state index contributed by atoms with van der Waals surface area (Å²) < 4.78 is 0. The molecule has 0 saturated heterocycles. The Morgan fingerprint density at radius 2 is 1.00 bits per heavy atom. The lowest BCUT2D eigenvalue weighted by Crippen LogP contribution is -2.38. The van der Waals surface area contributed by atoms with Crippen LogP contribution in [0.2, 0.25) is 0 Å². The van der Waals surface area contributed by atoms with Gasteiger partial charge in [0.2, 0.25) is 0 Å². The van der Waals surface area contributed by atoms with Crippen LogP contribution in [-0.2, 0) is 6.54 Å². The molecule has 1 aromatic carbocycles. The van der Waals surface area contributed by atoms with Crippen LogP contribution in [0, 0.1) is 0 Å². The molecule has 0 spiro atoms. The minimum absolute atomic E-state index is 0.555. The van der Waals surface area contributed by atoms with Crippen molar-refractivity contribution in [3.63, 3.8) is 0 Å². The zero-order chi connectivity index (χ0) is 24.1. The second kappa shape index (κ2) is 19.8. The number of rotatable bonds is 22. The minimum Gasteiger partial charge on any atom is -0.356 e. The fourth-order valence-corrected chi connectivity index (χ4v) is 5.31. The molecular formula is C32H56N2. The molecule has 2 nitrogen and oxygen atoms in total. The van der Waals surface area contributed by atoms with Crippen molar-refractivity contribution in [2.45, 2.75) is 149 Å². The quantitative estimate of drug-likeness (QED) is 0.156. The van der Waals surface area contributed by atoms with Gasteiger partial charge in [0.1, 0.15) is 6.17 Å². The van der Waals surface area contributed by atoms with Gasteiger partial charge >= 0.3 is 0 Å². The second-order valence-corrected chi connectivity index (χ2v) is 10.6. The zero-order valence-electron chi connectivity index (χ0n) is 22.9. The lowest BCUT2D eigenvalue weighted by Gasteiger charge is -2.33. The van der Waals surface area contributed by atoms with E-state index in [1.54, 1.807) is 0 Å². The molecule has 1 aromatic rings. The Labute approximate surface area is 213 Å². The minimum atomic E-state index is 0.555. The maximum Gasteiger partial charge on any atom is 0.101 e. The van der Waals surface area contributed by atoms with Gasteiger partial charge in [-0.25, -0.2) is 0 Å². The van der Waals surface area contributed by atoms with Gasteiger partial charge in [-0.1, -0.05) is 147 Å². The fourth-order valence-electron chi connectivity index (χ4n) is 5.31. The molecule has 1 atom stereocenters. The van der Waals surface area contributed by atoms with Crippen LogP contribution < -0.4 is 0 Å². The van der Waals surface area contributed by atoms with E-state index >= 15 is 0 Å². The molecular weight excluding hydrogens is 412 g/mol. The van der Waals surface area contributed by atoms with Crippen LogP contribution in [0.1, 0.15) is 141 Å². The van der Waals surface area contributed by atoms with E-state index in [4.69, 9.17) is 0 Å². The third-order valence-corrected chi connectivity index (χ3v) is 7.51. The summed E-state index contributed by atoms with van der Waals surface area (Å²) in [5, 5.41) is 0. The maximum absolute atomic E-state index is 2.64. The summed E-state index contributed by atoms with van der Waals surface area (Å²) in [6, 6.07) is 11.0. The smallest absolute Gasteiger partial charge is 0.101 e. The summed E-state index contributed by atoms with van der Waals surface area (Å²) in [5.74, 6) is 0. The van der Waals surface area contributed by atoms with Gasteiger partial charge in [-0.05, 0) is 24.8 Å². The van der Waals surface area contributed by atoms with E-state index in [2.05, 4.69) is 66.4 Å². The summed E-state index contributed by atoms with van der Waals surface area (Å²) in [6.45, 7) is 6.86.